The Bertz CT molecular complexity index is 962. The Kier molecular flexibility index (Phi) is 6.71. The second kappa shape index (κ2) is 9.11. The third-order valence-corrected chi connectivity index (χ3v) is 5.96. The smallest absolute Gasteiger partial charge is 0.317 e. The van der Waals surface area contributed by atoms with Crippen LogP contribution in [0.1, 0.15) is 54.4 Å². The predicted octanol–water partition coefficient (Wildman–Crippen LogP) is 3.66. The van der Waals surface area contributed by atoms with Crippen molar-refractivity contribution in [1.29, 1.82) is 0 Å². The van der Waals surface area contributed by atoms with E-state index in [9.17, 15) is 23.2 Å². The molecule has 31 heavy (non-hydrogen) atoms. The van der Waals surface area contributed by atoms with Gasteiger partial charge in [0.1, 0.15) is 24.1 Å². The molecular weight excluding hydrogens is 404 g/mol. The average molecular weight is 429 g/mol. The van der Waals surface area contributed by atoms with Gasteiger partial charge in [0.05, 0.1) is 0 Å². The number of ketones is 2. The molecule has 7 heteroatoms. The highest BCUT2D eigenvalue weighted by atomic mass is 19.3. The van der Waals surface area contributed by atoms with Gasteiger partial charge < -0.3 is 9.64 Å². The maximum Gasteiger partial charge on any atom is 0.345 e. The standard InChI is InChI=1S/C24H25F2NO4/c1-4-5-17-10-15(2)21(16(3)11-17)22-18(28)12-24(13-19(22)29)6-8-27(9-7-24)20(30)14-31-23(25)26/h6,8,10-11,22-23H,7,9,12-14H2,1-3H3. The van der Waals surface area contributed by atoms with Crippen molar-refractivity contribution in [2.75, 3.05) is 13.2 Å². The Morgan fingerprint density at radius 3 is 2.32 bits per heavy atom. The highest BCUT2D eigenvalue weighted by Crippen LogP contribution is 2.45. The van der Waals surface area contributed by atoms with E-state index in [2.05, 4.69) is 16.6 Å². The molecule has 1 heterocycles. The van der Waals surface area contributed by atoms with Crippen molar-refractivity contribution in [3.8, 4) is 11.8 Å². The van der Waals surface area contributed by atoms with E-state index in [-0.39, 0.29) is 31.0 Å². The third kappa shape index (κ3) is 4.91. The van der Waals surface area contributed by atoms with Crippen molar-refractivity contribution < 1.29 is 27.9 Å². The van der Waals surface area contributed by atoms with Crippen LogP contribution in [0.15, 0.2) is 24.4 Å². The third-order valence-electron chi connectivity index (χ3n) is 5.96. The summed E-state index contributed by atoms with van der Waals surface area (Å²) in [5.74, 6) is 4.21. The van der Waals surface area contributed by atoms with Crippen LogP contribution >= 0.6 is 0 Å². The minimum absolute atomic E-state index is 0.137. The Labute approximate surface area is 180 Å². The van der Waals surface area contributed by atoms with Crippen LogP contribution in [0.2, 0.25) is 0 Å². The summed E-state index contributed by atoms with van der Waals surface area (Å²) >= 11 is 0. The Morgan fingerprint density at radius 2 is 1.84 bits per heavy atom. The molecular formula is C24H25F2NO4. The minimum atomic E-state index is -3.01. The SMILES string of the molecule is CC#Cc1cc(C)c(C2C(=O)CC3(C=CN(C(=O)COC(F)F)CC3)CC2=O)c(C)c1. The number of allylic oxidation sites excluding steroid dienone is 1. The summed E-state index contributed by atoms with van der Waals surface area (Å²) in [6.45, 7) is 2.05. The lowest BCUT2D eigenvalue weighted by molar-refractivity contribution is -0.158. The van der Waals surface area contributed by atoms with E-state index in [0.29, 0.717) is 6.42 Å². The average Bonchev–Trinajstić information content (AvgIpc) is 2.68. The van der Waals surface area contributed by atoms with Crippen LogP contribution in [0.4, 0.5) is 8.78 Å². The number of rotatable bonds is 4. The molecule has 0 unspecified atom stereocenters. The van der Waals surface area contributed by atoms with Crippen LogP contribution < -0.4 is 0 Å². The van der Waals surface area contributed by atoms with E-state index >= 15 is 0 Å². The highest BCUT2D eigenvalue weighted by Gasteiger charge is 2.46. The molecule has 1 fully saturated rings. The van der Waals surface area contributed by atoms with Crippen LogP contribution in [-0.4, -0.2) is 42.1 Å². The van der Waals surface area contributed by atoms with Crippen LogP contribution in [-0.2, 0) is 19.1 Å². The highest BCUT2D eigenvalue weighted by molar-refractivity contribution is 6.11. The van der Waals surface area contributed by atoms with Gasteiger partial charge in [0.15, 0.2) is 0 Å². The number of carbonyl (C=O) groups excluding carboxylic acids is 3. The number of ether oxygens (including phenoxy) is 1. The Morgan fingerprint density at radius 1 is 1.23 bits per heavy atom. The first-order chi connectivity index (χ1) is 14.7. The molecule has 1 amide bonds. The molecule has 3 rings (SSSR count). The molecule has 0 N–H and O–H groups in total. The van der Waals surface area contributed by atoms with E-state index in [4.69, 9.17) is 0 Å². The second-order valence-electron chi connectivity index (χ2n) is 8.20. The van der Waals surface area contributed by atoms with Gasteiger partial charge in [-0.05, 0) is 56.0 Å². The van der Waals surface area contributed by atoms with E-state index in [0.717, 1.165) is 22.3 Å². The predicted molar refractivity (Wildman–Crippen MR) is 110 cm³/mol. The number of alkyl halides is 2. The summed E-state index contributed by atoms with van der Waals surface area (Å²) in [6.07, 6.45) is 3.99. The van der Waals surface area contributed by atoms with Crippen molar-refractivity contribution >= 4 is 17.5 Å². The second-order valence-corrected chi connectivity index (χ2v) is 8.20. The molecule has 164 valence electrons. The molecule has 1 aromatic rings. The number of nitrogens with zero attached hydrogens (tertiary/aromatic N) is 1. The fourth-order valence-corrected chi connectivity index (χ4v) is 4.58. The van der Waals surface area contributed by atoms with Gasteiger partial charge in [0.2, 0.25) is 0 Å². The number of hydrogen-bond donors (Lipinski definition) is 0. The van der Waals surface area contributed by atoms with Gasteiger partial charge >= 0.3 is 6.61 Å². The molecule has 1 spiro atoms. The van der Waals surface area contributed by atoms with Crippen molar-refractivity contribution in [3.05, 3.63) is 46.7 Å². The number of hydrogen-bond acceptors (Lipinski definition) is 4. The van der Waals surface area contributed by atoms with E-state index in [1.165, 1.54) is 11.1 Å². The zero-order valence-electron chi connectivity index (χ0n) is 17.8. The zero-order chi connectivity index (χ0) is 22.8. The van der Waals surface area contributed by atoms with Crippen LogP contribution in [0.5, 0.6) is 0 Å². The summed E-state index contributed by atoms with van der Waals surface area (Å²) in [5, 5.41) is 0. The molecule has 0 aromatic heterocycles. The van der Waals surface area contributed by atoms with Crippen LogP contribution in [0.25, 0.3) is 0 Å². The molecule has 1 aliphatic heterocycles. The summed E-state index contributed by atoms with van der Waals surface area (Å²) in [7, 11) is 0. The fraction of sp³-hybridized carbons (Fsp3) is 0.458. The Balaban J connectivity index is 1.78. The fourth-order valence-electron chi connectivity index (χ4n) is 4.58. The molecule has 5 nitrogen and oxygen atoms in total. The molecule has 1 aromatic carbocycles. The van der Waals surface area contributed by atoms with Gasteiger partial charge in [0, 0.05) is 36.6 Å². The molecule has 0 radical (unpaired) electrons. The lowest BCUT2D eigenvalue weighted by Crippen LogP contribution is -2.44. The molecule has 0 bridgehead atoms. The molecule has 0 saturated heterocycles. The summed E-state index contributed by atoms with van der Waals surface area (Å²) in [4.78, 5) is 39.5. The Hall–Kier alpha value is -2.85. The van der Waals surface area contributed by atoms with Gasteiger partial charge in [0.25, 0.3) is 5.91 Å². The van der Waals surface area contributed by atoms with E-state index in [1.807, 2.05) is 26.0 Å². The lowest BCUT2D eigenvalue weighted by Gasteiger charge is -2.40. The normalized spacial score (nSPS) is 23.3. The van der Waals surface area contributed by atoms with Gasteiger partial charge in [-0.2, -0.15) is 8.78 Å². The summed E-state index contributed by atoms with van der Waals surface area (Å²) in [5.41, 5.74) is 2.71. The maximum absolute atomic E-state index is 13.1. The molecule has 1 saturated carbocycles. The maximum atomic E-state index is 13.1. The largest absolute Gasteiger partial charge is 0.345 e. The minimum Gasteiger partial charge on any atom is -0.317 e. The lowest BCUT2D eigenvalue weighted by atomic mass is 9.64. The monoisotopic (exact) mass is 429 g/mol. The van der Waals surface area contributed by atoms with E-state index in [1.54, 1.807) is 13.0 Å². The van der Waals surface area contributed by atoms with Crippen molar-refractivity contribution in [2.45, 2.75) is 52.6 Å². The summed E-state index contributed by atoms with van der Waals surface area (Å²) in [6, 6.07) is 3.80. The van der Waals surface area contributed by atoms with E-state index < -0.39 is 30.5 Å². The first-order valence-corrected chi connectivity index (χ1v) is 10.1. The number of carbonyl (C=O) groups is 3. The van der Waals surface area contributed by atoms with Crippen molar-refractivity contribution in [1.82, 2.24) is 4.90 Å². The number of benzene rings is 1. The van der Waals surface area contributed by atoms with Gasteiger partial charge in [-0.3, -0.25) is 14.4 Å². The summed E-state index contributed by atoms with van der Waals surface area (Å²) < 4.78 is 28.3. The van der Waals surface area contributed by atoms with Crippen LogP contribution in [0.3, 0.4) is 0 Å². The van der Waals surface area contributed by atoms with Gasteiger partial charge in [-0.1, -0.05) is 12.0 Å². The van der Waals surface area contributed by atoms with Crippen molar-refractivity contribution in [3.63, 3.8) is 0 Å². The van der Waals surface area contributed by atoms with Gasteiger partial charge in [-0.15, -0.1) is 5.92 Å². The quantitative estimate of drug-likeness (QED) is 0.541. The number of amides is 1. The van der Waals surface area contributed by atoms with Crippen LogP contribution in [0, 0.1) is 31.1 Å². The number of Topliss-reactive ketones (excluding diaryl/α,β-unsaturated/α-hetero) is 2. The topological polar surface area (TPSA) is 63.7 Å². The number of aryl methyl sites for hydroxylation is 2. The van der Waals surface area contributed by atoms with Gasteiger partial charge in [-0.25, -0.2) is 0 Å². The van der Waals surface area contributed by atoms with Crippen molar-refractivity contribution in [2.24, 2.45) is 5.41 Å². The number of halogens is 2. The molecule has 1 aliphatic carbocycles. The zero-order valence-corrected chi connectivity index (χ0v) is 17.8. The molecule has 2 aliphatic rings. The first-order valence-electron chi connectivity index (χ1n) is 10.1. The molecule has 0 atom stereocenters. The first kappa shape index (κ1) is 22.8.